The van der Waals surface area contributed by atoms with E-state index in [1.807, 2.05) is 12.1 Å². The first kappa shape index (κ1) is 11.8. The van der Waals surface area contributed by atoms with E-state index in [0.29, 0.717) is 6.04 Å². The highest BCUT2D eigenvalue weighted by atomic mass is 35.5. The molecule has 0 aliphatic rings. The van der Waals surface area contributed by atoms with Crippen molar-refractivity contribution in [3.05, 3.63) is 33.8 Å². The highest BCUT2D eigenvalue weighted by molar-refractivity contribution is 6.33. The van der Waals surface area contributed by atoms with Crippen molar-refractivity contribution in [2.75, 3.05) is 0 Å². The highest BCUT2D eigenvalue weighted by Crippen LogP contribution is 2.26. The molecule has 1 nitrogen and oxygen atoms in total. The molecular weight excluding hydrogens is 217 g/mol. The minimum absolute atomic E-state index is 0.223. The Kier molecular flexibility index (Phi) is 4.24. The van der Waals surface area contributed by atoms with Crippen LogP contribution in [0.2, 0.25) is 10.0 Å². The molecule has 0 fully saturated rings. The quantitative estimate of drug-likeness (QED) is 0.828. The molecule has 0 spiro atoms. The lowest BCUT2D eigenvalue weighted by Crippen LogP contribution is -2.26. The SMILES string of the molecule is CC(C)N[C@@H](C)c1cc(Cl)ccc1Cl. The third-order valence-electron chi connectivity index (χ3n) is 2.01. The molecule has 0 saturated heterocycles. The number of hydrogen-bond acceptors (Lipinski definition) is 1. The molecule has 1 aromatic rings. The van der Waals surface area contributed by atoms with Crippen LogP contribution < -0.4 is 5.32 Å². The first-order valence-corrected chi connectivity index (χ1v) is 5.47. The predicted molar refractivity (Wildman–Crippen MR) is 63.1 cm³/mol. The maximum atomic E-state index is 6.08. The van der Waals surface area contributed by atoms with Crippen LogP contribution in [0.5, 0.6) is 0 Å². The van der Waals surface area contributed by atoms with Crippen LogP contribution in [0, 0.1) is 0 Å². The number of halogens is 2. The van der Waals surface area contributed by atoms with Crippen LogP contribution in [-0.4, -0.2) is 6.04 Å². The Hall–Kier alpha value is -0.240. The number of nitrogens with one attached hydrogen (secondary N) is 1. The van der Waals surface area contributed by atoms with Crippen molar-refractivity contribution < 1.29 is 0 Å². The first-order valence-electron chi connectivity index (χ1n) is 4.71. The predicted octanol–water partition coefficient (Wildman–Crippen LogP) is 4.05. The Morgan fingerprint density at radius 3 is 2.36 bits per heavy atom. The van der Waals surface area contributed by atoms with Gasteiger partial charge in [-0.25, -0.2) is 0 Å². The van der Waals surface area contributed by atoms with E-state index in [4.69, 9.17) is 23.2 Å². The van der Waals surface area contributed by atoms with E-state index >= 15 is 0 Å². The van der Waals surface area contributed by atoms with Gasteiger partial charge in [0.1, 0.15) is 0 Å². The molecule has 0 saturated carbocycles. The Morgan fingerprint density at radius 2 is 1.79 bits per heavy atom. The van der Waals surface area contributed by atoms with Gasteiger partial charge in [0.2, 0.25) is 0 Å². The lowest BCUT2D eigenvalue weighted by molar-refractivity contribution is 0.506. The Balaban J connectivity index is 2.88. The summed E-state index contributed by atoms with van der Waals surface area (Å²) < 4.78 is 0. The molecule has 1 atom stereocenters. The summed E-state index contributed by atoms with van der Waals surface area (Å²) in [6.07, 6.45) is 0. The van der Waals surface area contributed by atoms with Gasteiger partial charge in [-0.3, -0.25) is 0 Å². The fourth-order valence-electron chi connectivity index (χ4n) is 1.44. The third-order valence-corrected chi connectivity index (χ3v) is 2.59. The van der Waals surface area contributed by atoms with E-state index in [1.165, 1.54) is 0 Å². The summed E-state index contributed by atoms with van der Waals surface area (Å²) in [4.78, 5) is 0. The van der Waals surface area contributed by atoms with Gasteiger partial charge in [0.25, 0.3) is 0 Å². The van der Waals surface area contributed by atoms with Gasteiger partial charge >= 0.3 is 0 Å². The summed E-state index contributed by atoms with van der Waals surface area (Å²) in [6, 6.07) is 6.19. The van der Waals surface area contributed by atoms with Crippen molar-refractivity contribution in [1.29, 1.82) is 0 Å². The van der Waals surface area contributed by atoms with Crippen LogP contribution in [0.4, 0.5) is 0 Å². The Morgan fingerprint density at radius 1 is 1.14 bits per heavy atom. The molecule has 78 valence electrons. The van der Waals surface area contributed by atoms with Crippen LogP contribution in [0.1, 0.15) is 32.4 Å². The molecule has 0 aromatic heterocycles. The van der Waals surface area contributed by atoms with Gasteiger partial charge in [-0.2, -0.15) is 0 Å². The van der Waals surface area contributed by atoms with Crippen molar-refractivity contribution in [3.63, 3.8) is 0 Å². The largest absolute Gasteiger partial charge is 0.308 e. The molecule has 0 amide bonds. The summed E-state index contributed by atoms with van der Waals surface area (Å²) in [5.74, 6) is 0. The standard InChI is InChI=1S/C11H15Cl2N/c1-7(2)14-8(3)10-6-9(12)4-5-11(10)13/h4-8,14H,1-3H3/t8-/m0/s1. The zero-order valence-electron chi connectivity index (χ0n) is 8.64. The molecule has 0 aliphatic carbocycles. The van der Waals surface area contributed by atoms with E-state index in [0.717, 1.165) is 15.6 Å². The van der Waals surface area contributed by atoms with Crippen LogP contribution in [-0.2, 0) is 0 Å². The molecule has 0 aliphatic heterocycles. The average Bonchev–Trinajstić information content (AvgIpc) is 2.08. The molecule has 3 heteroatoms. The average molecular weight is 232 g/mol. The van der Waals surface area contributed by atoms with Gasteiger partial charge in [0.05, 0.1) is 0 Å². The van der Waals surface area contributed by atoms with Crippen LogP contribution in [0.25, 0.3) is 0 Å². The van der Waals surface area contributed by atoms with E-state index in [-0.39, 0.29) is 6.04 Å². The molecule has 0 radical (unpaired) electrons. The van der Waals surface area contributed by atoms with Crippen molar-refractivity contribution in [3.8, 4) is 0 Å². The van der Waals surface area contributed by atoms with Gasteiger partial charge in [0, 0.05) is 22.1 Å². The summed E-state index contributed by atoms with van der Waals surface area (Å²) in [5.41, 5.74) is 1.05. The minimum Gasteiger partial charge on any atom is -0.308 e. The molecule has 14 heavy (non-hydrogen) atoms. The van der Waals surface area contributed by atoms with E-state index in [1.54, 1.807) is 6.07 Å². The van der Waals surface area contributed by atoms with Crippen molar-refractivity contribution >= 4 is 23.2 Å². The van der Waals surface area contributed by atoms with E-state index in [9.17, 15) is 0 Å². The van der Waals surface area contributed by atoms with Gasteiger partial charge in [-0.15, -0.1) is 0 Å². The zero-order valence-corrected chi connectivity index (χ0v) is 10.2. The fraction of sp³-hybridized carbons (Fsp3) is 0.455. The number of benzene rings is 1. The number of hydrogen-bond donors (Lipinski definition) is 1. The molecule has 1 rings (SSSR count). The summed E-state index contributed by atoms with van der Waals surface area (Å²) in [7, 11) is 0. The normalized spacial score (nSPS) is 13.3. The molecule has 0 unspecified atom stereocenters. The summed E-state index contributed by atoms with van der Waals surface area (Å²) >= 11 is 12.0. The molecule has 1 aromatic carbocycles. The maximum absolute atomic E-state index is 6.08. The highest BCUT2D eigenvalue weighted by Gasteiger charge is 2.10. The van der Waals surface area contributed by atoms with Crippen LogP contribution in [0.3, 0.4) is 0 Å². The summed E-state index contributed by atoms with van der Waals surface area (Å²) in [6.45, 7) is 6.29. The summed E-state index contributed by atoms with van der Waals surface area (Å²) in [5, 5.41) is 4.87. The van der Waals surface area contributed by atoms with Crippen molar-refractivity contribution in [2.45, 2.75) is 32.9 Å². The van der Waals surface area contributed by atoms with E-state index in [2.05, 4.69) is 26.1 Å². The lowest BCUT2D eigenvalue weighted by Gasteiger charge is -2.18. The Labute approximate surface area is 95.4 Å². The van der Waals surface area contributed by atoms with Gasteiger partial charge < -0.3 is 5.32 Å². The zero-order chi connectivity index (χ0) is 10.7. The fourth-order valence-corrected chi connectivity index (χ4v) is 1.90. The third kappa shape index (κ3) is 3.16. The second-order valence-corrected chi connectivity index (χ2v) is 4.55. The van der Waals surface area contributed by atoms with E-state index < -0.39 is 0 Å². The number of rotatable bonds is 3. The smallest absolute Gasteiger partial charge is 0.0454 e. The molecular formula is C11H15Cl2N. The van der Waals surface area contributed by atoms with Crippen molar-refractivity contribution in [2.24, 2.45) is 0 Å². The van der Waals surface area contributed by atoms with Crippen molar-refractivity contribution in [1.82, 2.24) is 5.32 Å². The first-order chi connectivity index (χ1) is 6.50. The van der Waals surface area contributed by atoms with Crippen LogP contribution in [0.15, 0.2) is 18.2 Å². The minimum atomic E-state index is 0.223. The maximum Gasteiger partial charge on any atom is 0.0454 e. The molecule has 1 N–H and O–H groups in total. The van der Waals surface area contributed by atoms with Gasteiger partial charge in [-0.05, 0) is 30.7 Å². The molecule has 0 heterocycles. The second-order valence-electron chi connectivity index (χ2n) is 3.71. The molecule has 0 bridgehead atoms. The van der Waals surface area contributed by atoms with Gasteiger partial charge in [0.15, 0.2) is 0 Å². The van der Waals surface area contributed by atoms with Gasteiger partial charge in [-0.1, -0.05) is 37.0 Å². The second kappa shape index (κ2) is 5.01. The monoisotopic (exact) mass is 231 g/mol. The topological polar surface area (TPSA) is 12.0 Å². The lowest BCUT2D eigenvalue weighted by atomic mass is 10.1. The van der Waals surface area contributed by atoms with Crippen LogP contribution >= 0.6 is 23.2 Å². The Bertz CT molecular complexity index is 310.